The molecule has 5 nitrogen and oxygen atoms in total. The van der Waals surface area contributed by atoms with E-state index in [1.54, 1.807) is 41.4 Å². The molecule has 0 saturated carbocycles. The second-order valence-electron chi connectivity index (χ2n) is 5.45. The Morgan fingerprint density at radius 1 is 1.04 bits per heavy atom. The topological polar surface area (TPSA) is 52.2 Å². The molecule has 122 valence electrons. The zero-order chi connectivity index (χ0) is 17.2. The van der Waals surface area contributed by atoms with Gasteiger partial charge in [-0.05, 0) is 42.0 Å². The Hall–Kier alpha value is -3.18. The molecule has 3 aromatic heterocycles. The van der Waals surface area contributed by atoms with Crippen LogP contribution in [0.2, 0.25) is 5.02 Å². The van der Waals surface area contributed by atoms with Crippen molar-refractivity contribution in [3.63, 3.8) is 0 Å². The van der Waals surface area contributed by atoms with Gasteiger partial charge in [0.1, 0.15) is 0 Å². The van der Waals surface area contributed by atoms with Crippen LogP contribution in [0.3, 0.4) is 0 Å². The highest BCUT2D eigenvalue weighted by molar-refractivity contribution is 6.30. The fraction of sp³-hybridized carbons (Fsp3) is 0. The van der Waals surface area contributed by atoms with Gasteiger partial charge in [-0.15, -0.1) is 0 Å². The molecule has 0 unspecified atom stereocenters. The van der Waals surface area contributed by atoms with Gasteiger partial charge in [-0.25, -0.2) is 4.98 Å². The largest absolute Gasteiger partial charge is 0.273 e. The van der Waals surface area contributed by atoms with E-state index in [2.05, 4.69) is 9.97 Å². The summed E-state index contributed by atoms with van der Waals surface area (Å²) < 4.78 is 3.26. The minimum Gasteiger partial charge on any atom is -0.267 e. The number of rotatable bonds is 3. The molecule has 25 heavy (non-hydrogen) atoms. The quantitative estimate of drug-likeness (QED) is 0.567. The maximum Gasteiger partial charge on any atom is 0.273 e. The van der Waals surface area contributed by atoms with Crippen LogP contribution in [0.15, 0.2) is 71.9 Å². The molecule has 6 heteroatoms. The zero-order valence-electron chi connectivity index (χ0n) is 13.1. The summed E-state index contributed by atoms with van der Waals surface area (Å²) in [6, 6.07) is 14.4. The van der Waals surface area contributed by atoms with E-state index < -0.39 is 0 Å². The van der Waals surface area contributed by atoms with Crippen molar-refractivity contribution >= 4 is 29.4 Å². The van der Waals surface area contributed by atoms with Crippen LogP contribution < -0.4 is 5.56 Å². The number of benzene rings is 1. The van der Waals surface area contributed by atoms with E-state index in [1.807, 2.05) is 36.5 Å². The van der Waals surface area contributed by atoms with E-state index in [9.17, 15) is 4.79 Å². The summed E-state index contributed by atoms with van der Waals surface area (Å²) in [5.74, 6) is 0. The first kappa shape index (κ1) is 15.4. The van der Waals surface area contributed by atoms with Gasteiger partial charge in [-0.3, -0.25) is 14.5 Å². The van der Waals surface area contributed by atoms with E-state index in [1.165, 1.54) is 10.6 Å². The summed E-state index contributed by atoms with van der Waals surface area (Å²) in [6.07, 6.45) is 8.95. The molecule has 0 aliphatic rings. The molecule has 0 radical (unpaired) electrons. The Morgan fingerprint density at radius 2 is 1.88 bits per heavy atom. The molecule has 0 spiro atoms. The predicted molar refractivity (Wildman–Crippen MR) is 99.0 cm³/mol. The smallest absolute Gasteiger partial charge is 0.267 e. The van der Waals surface area contributed by atoms with Gasteiger partial charge in [0.05, 0.1) is 11.4 Å². The van der Waals surface area contributed by atoms with Gasteiger partial charge in [-0.1, -0.05) is 23.7 Å². The lowest BCUT2D eigenvalue weighted by molar-refractivity contribution is 0.763. The van der Waals surface area contributed by atoms with Crippen LogP contribution in [0.25, 0.3) is 23.5 Å². The van der Waals surface area contributed by atoms with Crippen LogP contribution in [-0.2, 0) is 0 Å². The van der Waals surface area contributed by atoms with Crippen molar-refractivity contribution < 1.29 is 0 Å². The Labute approximate surface area is 148 Å². The first-order valence-corrected chi connectivity index (χ1v) is 8.04. The number of aromatic nitrogens is 4. The zero-order valence-corrected chi connectivity index (χ0v) is 13.8. The molecule has 4 aromatic rings. The number of hydrogen-bond acceptors (Lipinski definition) is 3. The van der Waals surface area contributed by atoms with E-state index in [0.29, 0.717) is 16.4 Å². The van der Waals surface area contributed by atoms with Gasteiger partial charge >= 0.3 is 0 Å². The third kappa shape index (κ3) is 3.09. The van der Waals surface area contributed by atoms with Gasteiger partial charge in [0, 0.05) is 35.7 Å². The molecule has 1 aromatic carbocycles. The minimum atomic E-state index is -0.157. The lowest BCUT2D eigenvalue weighted by atomic mass is 10.2. The average Bonchev–Trinajstić information content (AvgIpc) is 3.06. The molecular formula is C19H13ClN4O. The normalized spacial score (nSPS) is 11.4. The molecular weight excluding hydrogens is 336 g/mol. The molecule has 0 aliphatic heterocycles. The molecule has 0 amide bonds. The van der Waals surface area contributed by atoms with Crippen molar-refractivity contribution in [3.05, 3.63) is 93.8 Å². The number of nitrogens with zero attached hydrogens (tertiary/aromatic N) is 4. The van der Waals surface area contributed by atoms with Crippen LogP contribution in [0, 0.1) is 0 Å². The second-order valence-corrected chi connectivity index (χ2v) is 5.88. The fourth-order valence-corrected chi connectivity index (χ4v) is 2.70. The SMILES string of the molecule is O=c1cc(/C=C/c2cccnc2)nc2ccn(-c3ccc(Cl)cc3)n12. The Kier molecular flexibility index (Phi) is 3.91. The number of hydrogen-bond donors (Lipinski definition) is 0. The molecule has 4 rings (SSSR count). The highest BCUT2D eigenvalue weighted by atomic mass is 35.5. The molecule has 0 atom stereocenters. The summed E-state index contributed by atoms with van der Waals surface area (Å²) in [5.41, 5.74) is 2.80. The highest BCUT2D eigenvalue weighted by Gasteiger charge is 2.07. The van der Waals surface area contributed by atoms with Crippen LogP contribution in [-0.4, -0.2) is 19.2 Å². The van der Waals surface area contributed by atoms with Crippen LogP contribution in [0.1, 0.15) is 11.3 Å². The molecule has 0 fully saturated rings. The maximum absolute atomic E-state index is 12.6. The average molecular weight is 349 g/mol. The third-order valence-electron chi connectivity index (χ3n) is 3.74. The fourth-order valence-electron chi connectivity index (χ4n) is 2.58. The van der Waals surface area contributed by atoms with Gasteiger partial charge < -0.3 is 0 Å². The van der Waals surface area contributed by atoms with Crippen molar-refractivity contribution in [1.29, 1.82) is 0 Å². The van der Waals surface area contributed by atoms with Crippen molar-refractivity contribution in [3.8, 4) is 5.69 Å². The lowest BCUT2D eigenvalue weighted by Crippen LogP contribution is -2.19. The van der Waals surface area contributed by atoms with E-state index in [4.69, 9.17) is 11.6 Å². The summed E-state index contributed by atoms with van der Waals surface area (Å²) in [5, 5.41) is 0.647. The molecule has 3 heterocycles. The lowest BCUT2D eigenvalue weighted by Gasteiger charge is -2.06. The van der Waals surface area contributed by atoms with Gasteiger partial charge in [-0.2, -0.15) is 4.52 Å². The van der Waals surface area contributed by atoms with E-state index in [-0.39, 0.29) is 5.56 Å². The van der Waals surface area contributed by atoms with Crippen molar-refractivity contribution in [2.75, 3.05) is 0 Å². The first-order valence-electron chi connectivity index (χ1n) is 7.66. The molecule has 0 saturated heterocycles. The molecule has 0 aliphatic carbocycles. The van der Waals surface area contributed by atoms with E-state index >= 15 is 0 Å². The van der Waals surface area contributed by atoms with Gasteiger partial charge in [0.25, 0.3) is 5.56 Å². The minimum absolute atomic E-state index is 0.157. The van der Waals surface area contributed by atoms with E-state index in [0.717, 1.165) is 11.3 Å². The number of pyridine rings is 1. The van der Waals surface area contributed by atoms with Crippen molar-refractivity contribution in [2.45, 2.75) is 0 Å². The van der Waals surface area contributed by atoms with Crippen molar-refractivity contribution in [2.24, 2.45) is 0 Å². The van der Waals surface area contributed by atoms with Gasteiger partial charge in [0.2, 0.25) is 0 Å². The molecule has 0 bridgehead atoms. The van der Waals surface area contributed by atoms with Crippen LogP contribution in [0.5, 0.6) is 0 Å². The summed E-state index contributed by atoms with van der Waals surface area (Å²) >= 11 is 5.93. The van der Waals surface area contributed by atoms with Crippen molar-refractivity contribution in [1.82, 2.24) is 19.2 Å². The molecule has 0 N–H and O–H groups in total. The first-order chi connectivity index (χ1) is 12.2. The predicted octanol–water partition coefficient (Wildman–Crippen LogP) is 3.70. The summed E-state index contributed by atoms with van der Waals surface area (Å²) in [7, 11) is 0. The standard InChI is InChI=1S/C19H13ClN4O/c20-15-4-7-17(8-5-15)23-11-9-18-22-16(12-19(25)24(18)23)6-3-14-2-1-10-21-13-14/h1-13H/b6-3+. The maximum atomic E-state index is 12.6. The highest BCUT2D eigenvalue weighted by Crippen LogP contribution is 2.14. The van der Waals surface area contributed by atoms with Crippen LogP contribution >= 0.6 is 11.6 Å². The van der Waals surface area contributed by atoms with Gasteiger partial charge in [0.15, 0.2) is 5.65 Å². The second kappa shape index (κ2) is 6.37. The summed E-state index contributed by atoms with van der Waals surface area (Å²) in [4.78, 5) is 21.1. The Balaban J connectivity index is 1.76. The summed E-state index contributed by atoms with van der Waals surface area (Å²) in [6.45, 7) is 0. The number of fused-ring (bicyclic) bond motifs is 1. The third-order valence-corrected chi connectivity index (χ3v) is 4.00. The monoisotopic (exact) mass is 348 g/mol. The number of halogens is 1. The Bertz CT molecular complexity index is 1110. The Morgan fingerprint density at radius 3 is 2.64 bits per heavy atom. The van der Waals surface area contributed by atoms with Crippen LogP contribution in [0.4, 0.5) is 0 Å².